The molecule has 46 heavy (non-hydrogen) atoms. The summed E-state index contributed by atoms with van der Waals surface area (Å²) in [5, 5.41) is 19.9. The summed E-state index contributed by atoms with van der Waals surface area (Å²) in [4.78, 5) is 16.4. The second-order valence-electron chi connectivity index (χ2n) is 13.5. The maximum absolute atomic E-state index is 17.0. The van der Waals surface area contributed by atoms with E-state index in [1.54, 1.807) is 12.1 Å². The van der Waals surface area contributed by atoms with Gasteiger partial charge in [-0.3, -0.25) is 4.90 Å². The van der Waals surface area contributed by atoms with Gasteiger partial charge in [-0.15, -0.1) is 0 Å². The number of anilines is 1. The molecule has 2 aromatic carbocycles. The number of phenols is 1. The van der Waals surface area contributed by atoms with E-state index in [0.717, 1.165) is 48.6 Å². The number of hydrogen-bond acceptors (Lipinski definition) is 9. The highest BCUT2D eigenvalue weighted by atomic mass is 19.1. The molecule has 6 heterocycles. The summed E-state index contributed by atoms with van der Waals surface area (Å²) in [5.41, 5.74) is 1.15. The Hall–Kier alpha value is -3.83. The Labute approximate surface area is 266 Å². The zero-order valence-electron chi connectivity index (χ0n) is 26.3. The molecule has 0 unspecified atom stereocenters. The fraction of sp³-hybridized carbons (Fsp3) is 0.514. The number of nitrogens with zero attached hydrogens (tertiary/aromatic N) is 4. The van der Waals surface area contributed by atoms with Gasteiger partial charge in [0.2, 0.25) is 5.88 Å². The number of halogens is 2. The second-order valence-corrected chi connectivity index (χ2v) is 13.5. The number of ether oxygens (including phenoxy) is 2. The first-order chi connectivity index (χ1) is 22.4. The largest absolute Gasteiger partial charge is 0.508 e. The highest BCUT2D eigenvalue weighted by Gasteiger charge is 2.49. The first kappa shape index (κ1) is 29.6. The van der Waals surface area contributed by atoms with Crippen LogP contribution in [0.4, 0.5) is 14.6 Å². The second kappa shape index (κ2) is 11.5. The van der Waals surface area contributed by atoms with E-state index in [1.807, 2.05) is 25.1 Å². The lowest BCUT2D eigenvalue weighted by Gasteiger charge is -2.30. The Bertz CT molecular complexity index is 1820. The van der Waals surface area contributed by atoms with Crippen LogP contribution in [0.5, 0.6) is 17.6 Å². The fourth-order valence-electron chi connectivity index (χ4n) is 8.43. The van der Waals surface area contributed by atoms with Gasteiger partial charge in [-0.05, 0) is 67.1 Å². The van der Waals surface area contributed by atoms with Gasteiger partial charge in [0.25, 0.3) is 0 Å². The minimum atomic E-state index is -0.894. The van der Waals surface area contributed by atoms with Crippen molar-refractivity contribution in [2.45, 2.75) is 76.2 Å². The molecule has 2 aromatic heterocycles. The molecule has 0 spiro atoms. The molecule has 5 atom stereocenters. The first-order valence-electron chi connectivity index (χ1n) is 16.7. The molecule has 11 heteroatoms. The molecule has 4 aliphatic heterocycles. The number of aromatic nitrogens is 3. The zero-order valence-corrected chi connectivity index (χ0v) is 26.3. The van der Waals surface area contributed by atoms with Crippen molar-refractivity contribution >= 4 is 27.5 Å². The van der Waals surface area contributed by atoms with Crippen LogP contribution in [0.2, 0.25) is 0 Å². The van der Waals surface area contributed by atoms with Gasteiger partial charge in [0.1, 0.15) is 40.9 Å². The molecule has 8 rings (SSSR count). The Morgan fingerprint density at radius 2 is 2.07 bits per heavy atom. The smallest absolute Gasteiger partial charge is 0.319 e. The van der Waals surface area contributed by atoms with E-state index in [-0.39, 0.29) is 53.5 Å². The van der Waals surface area contributed by atoms with Gasteiger partial charge >= 0.3 is 6.01 Å². The third kappa shape index (κ3) is 4.90. The zero-order chi connectivity index (χ0) is 31.6. The van der Waals surface area contributed by atoms with Gasteiger partial charge in [0.05, 0.1) is 12.1 Å². The molecule has 9 nitrogen and oxygen atoms in total. The number of fused-ring (bicyclic) bond motifs is 4. The Morgan fingerprint density at radius 1 is 1.17 bits per heavy atom. The summed E-state index contributed by atoms with van der Waals surface area (Å²) < 4.78 is 44.2. The van der Waals surface area contributed by atoms with Gasteiger partial charge in [0.15, 0.2) is 5.82 Å². The van der Waals surface area contributed by atoms with Gasteiger partial charge in [0, 0.05) is 43.1 Å². The number of aromatic hydroxyl groups is 1. The molecular formula is C35H40F2N6O3. The lowest BCUT2D eigenvalue weighted by atomic mass is 9.95. The molecule has 0 saturated carbocycles. The van der Waals surface area contributed by atoms with Crippen molar-refractivity contribution in [3.63, 3.8) is 0 Å². The predicted molar refractivity (Wildman–Crippen MR) is 173 cm³/mol. The Balaban J connectivity index is 1.30. The summed E-state index contributed by atoms with van der Waals surface area (Å²) >= 11 is 0. The van der Waals surface area contributed by atoms with E-state index >= 15 is 4.39 Å². The van der Waals surface area contributed by atoms with E-state index in [0.29, 0.717) is 49.3 Å². The van der Waals surface area contributed by atoms with Crippen LogP contribution in [0.1, 0.15) is 51.5 Å². The number of phenolic OH excluding ortho intramolecular Hbond substituents is 1. The normalized spacial score (nSPS) is 27.5. The minimum Gasteiger partial charge on any atom is -0.508 e. The standard InChI is InChI=1S/C35H40F2N6O3/c1-3-19-7-5-8-20-12-24(44)13-25(27(19)20)30-29(37)31-28-32(38-15-23-11-21(26(4-2)39-23)17-45-33(28)40-30)42-34(41-31)46-18-35-9-6-10-43(35)16-22(36)14-35/h5,7-8,12-13,21-23,26,39,44H,3-4,6,9-11,14-18H2,1-2H3,(H,38,41,42)/t21-,22-,23-,26+,35+/m1/s1. The molecular weight excluding hydrogens is 590 g/mol. The van der Waals surface area contributed by atoms with Crippen LogP contribution in [0.25, 0.3) is 32.9 Å². The highest BCUT2D eigenvalue weighted by Crippen LogP contribution is 2.43. The van der Waals surface area contributed by atoms with Crippen LogP contribution < -0.4 is 20.1 Å². The van der Waals surface area contributed by atoms with Crippen molar-refractivity contribution in [1.29, 1.82) is 0 Å². The van der Waals surface area contributed by atoms with Crippen LogP contribution in [-0.4, -0.2) is 81.6 Å². The third-order valence-corrected chi connectivity index (χ3v) is 10.6. The van der Waals surface area contributed by atoms with Crippen molar-refractivity contribution in [3.05, 3.63) is 41.7 Å². The summed E-state index contributed by atoms with van der Waals surface area (Å²) in [6.07, 6.45) is 3.93. The number of rotatable bonds is 6. The maximum atomic E-state index is 17.0. The number of hydrogen-bond donors (Lipinski definition) is 3. The molecule has 3 N–H and O–H groups in total. The highest BCUT2D eigenvalue weighted by molar-refractivity contribution is 6.03. The molecule has 3 fully saturated rings. The molecule has 242 valence electrons. The Kier molecular flexibility index (Phi) is 7.36. The third-order valence-electron chi connectivity index (χ3n) is 10.6. The van der Waals surface area contributed by atoms with Crippen molar-refractivity contribution in [2.24, 2.45) is 5.92 Å². The minimum absolute atomic E-state index is 0.0138. The number of pyridine rings is 1. The van der Waals surface area contributed by atoms with Gasteiger partial charge in [-0.2, -0.15) is 9.97 Å². The quantitative estimate of drug-likeness (QED) is 0.245. The maximum Gasteiger partial charge on any atom is 0.319 e. The molecule has 0 radical (unpaired) electrons. The fourth-order valence-corrected chi connectivity index (χ4v) is 8.43. The summed E-state index contributed by atoms with van der Waals surface area (Å²) in [5.74, 6) is 0.256. The van der Waals surface area contributed by atoms with E-state index in [1.165, 1.54) is 0 Å². The molecule has 0 amide bonds. The monoisotopic (exact) mass is 630 g/mol. The van der Waals surface area contributed by atoms with Crippen LogP contribution in [-0.2, 0) is 6.42 Å². The SMILES string of the molecule is CCc1cccc2cc(O)cc(-c3nc4c5c(nc(OC[C@@]67CCCN6C[C@H](F)C7)nc5c3F)NC[C@H]3C[C@H](CO4)[C@H](CC)N3)c12. The molecule has 0 aliphatic carbocycles. The van der Waals surface area contributed by atoms with Crippen molar-refractivity contribution < 1.29 is 23.4 Å². The predicted octanol–water partition coefficient (Wildman–Crippen LogP) is 5.77. The average molecular weight is 631 g/mol. The average Bonchev–Trinajstić information content (AvgIpc) is 3.72. The van der Waals surface area contributed by atoms with Crippen LogP contribution in [0.15, 0.2) is 30.3 Å². The van der Waals surface area contributed by atoms with Crippen molar-refractivity contribution in [1.82, 2.24) is 25.2 Å². The van der Waals surface area contributed by atoms with Crippen LogP contribution in [0, 0.1) is 11.7 Å². The van der Waals surface area contributed by atoms with Gasteiger partial charge < -0.3 is 25.2 Å². The molecule has 3 saturated heterocycles. The number of nitrogens with one attached hydrogen (secondary N) is 2. The molecule has 2 bridgehead atoms. The van der Waals surface area contributed by atoms with Crippen LogP contribution in [0.3, 0.4) is 0 Å². The van der Waals surface area contributed by atoms with Crippen LogP contribution >= 0.6 is 0 Å². The van der Waals surface area contributed by atoms with E-state index < -0.39 is 17.5 Å². The van der Waals surface area contributed by atoms with Gasteiger partial charge in [-0.1, -0.05) is 32.0 Å². The summed E-state index contributed by atoms with van der Waals surface area (Å²) in [6, 6.07) is 9.60. The topological polar surface area (TPSA) is 105 Å². The molecule has 4 aliphatic rings. The number of alkyl halides is 1. The van der Waals surface area contributed by atoms with E-state index in [2.05, 4.69) is 27.4 Å². The number of benzene rings is 2. The van der Waals surface area contributed by atoms with E-state index in [9.17, 15) is 9.50 Å². The lowest BCUT2D eigenvalue weighted by Crippen LogP contribution is -2.43. The molecule has 4 aromatic rings. The Morgan fingerprint density at radius 3 is 2.91 bits per heavy atom. The van der Waals surface area contributed by atoms with Gasteiger partial charge in [-0.25, -0.2) is 13.8 Å². The summed E-state index contributed by atoms with van der Waals surface area (Å²) in [7, 11) is 0. The number of aryl methyl sites for hydroxylation is 1. The summed E-state index contributed by atoms with van der Waals surface area (Å²) in [6.45, 7) is 6.68. The van der Waals surface area contributed by atoms with Crippen molar-refractivity contribution in [2.75, 3.05) is 38.2 Å². The van der Waals surface area contributed by atoms with E-state index in [4.69, 9.17) is 19.4 Å². The van der Waals surface area contributed by atoms with Crippen molar-refractivity contribution in [3.8, 4) is 28.9 Å². The first-order valence-corrected chi connectivity index (χ1v) is 16.7. The lowest BCUT2D eigenvalue weighted by molar-refractivity contribution is 0.107.